The normalized spacial score (nSPS) is 10.0. The molecule has 0 aliphatic heterocycles. The van der Waals surface area contributed by atoms with Gasteiger partial charge in [0.2, 0.25) is 0 Å². The van der Waals surface area contributed by atoms with Crippen LogP contribution in [0.2, 0.25) is 0 Å². The molecule has 2 heteroatoms. The molecule has 2 nitrogen and oxygen atoms in total. The minimum absolute atomic E-state index is 0.440. The van der Waals surface area contributed by atoms with Gasteiger partial charge in [-0.05, 0) is 11.6 Å². The summed E-state index contributed by atoms with van der Waals surface area (Å²) in [6, 6.07) is 10.4. The van der Waals surface area contributed by atoms with Gasteiger partial charge in [-0.15, -0.1) is 0 Å². The number of hydrogen-bond donors (Lipinski definition) is 0. The van der Waals surface area contributed by atoms with Gasteiger partial charge in [0, 0.05) is 0 Å². The first-order valence-electron chi connectivity index (χ1n) is 3.66. The zero-order chi connectivity index (χ0) is 8.65. The fraction of sp³-hybridized carbons (Fsp3) is 0.100. The van der Waals surface area contributed by atoms with Gasteiger partial charge in [-0.2, -0.15) is 0 Å². The van der Waals surface area contributed by atoms with Gasteiger partial charge in [0.1, 0.15) is 6.61 Å². The molecular formula is C10H10NO. The van der Waals surface area contributed by atoms with Gasteiger partial charge in [0.25, 0.3) is 0 Å². The standard InChI is InChI=1S/C10H10NO/c1-2-8-12-11-9-10-6-4-3-5-7-10/h2,4-7,9H,1,8H2. The predicted octanol–water partition coefficient (Wildman–Crippen LogP) is 2.02. The van der Waals surface area contributed by atoms with Crippen LogP contribution in [0, 0.1) is 6.07 Å². The average molecular weight is 160 g/mol. The van der Waals surface area contributed by atoms with E-state index >= 15 is 0 Å². The van der Waals surface area contributed by atoms with E-state index in [1.54, 1.807) is 12.3 Å². The highest BCUT2D eigenvalue weighted by atomic mass is 16.6. The van der Waals surface area contributed by atoms with E-state index in [4.69, 9.17) is 4.84 Å². The maximum Gasteiger partial charge on any atom is 0.135 e. The summed E-state index contributed by atoms with van der Waals surface area (Å²) in [5, 5.41) is 3.72. The largest absolute Gasteiger partial charge is 0.392 e. The van der Waals surface area contributed by atoms with Gasteiger partial charge in [-0.1, -0.05) is 42.1 Å². The lowest BCUT2D eigenvalue weighted by Crippen LogP contribution is -1.83. The Morgan fingerprint density at radius 1 is 1.50 bits per heavy atom. The van der Waals surface area contributed by atoms with Crippen molar-refractivity contribution >= 4 is 6.21 Å². The molecule has 0 saturated carbocycles. The van der Waals surface area contributed by atoms with Gasteiger partial charge < -0.3 is 4.84 Å². The van der Waals surface area contributed by atoms with E-state index in [1.807, 2.05) is 24.3 Å². The lowest BCUT2D eigenvalue weighted by atomic mass is 10.2. The van der Waals surface area contributed by atoms with Crippen molar-refractivity contribution in [2.24, 2.45) is 5.16 Å². The summed E-state index contributed by atoms with van der Waals surface area (Å²) in [7, 11) is 0. The topological polar surface area (TPSA) is 21.6 Å². The van der Waals surface area contributed by atoms with Crippen molar-refractivity contribution in [2.75, 3.05) is 6.61 Å². The Labute approximate surface area is 72.2 Å². The van der Waals surface area contributed by atoms with Crippen molar-refractivity contribution in [2.45, 2.75) is 0 Å². The first-order chi connectivity index (χ1) is 5.93. The second-order valence-electron chi connectivity index (χ2n) is 2.15. The van der Waals surface area contributed by atoms with Crippen molar-refractivity contribution in [1.82, 2.24) is 0 Å². The summed E-state index contributed by atoms with van der Waals surface area (Å²) >= 11 is 0. The lowest BCUT2D eigenvalue weighted by molar-refractivity contribution is 0.176. The van der Waals surface area contributed by atoms with Gasteiger partial charge >= 0.3 is 0 Å². The third kappa shape index (κ3) is 3.01. The van der Waals surface area contributed by atoms with Crippen LogP contribution in [0.15, 0.2) is 42.1 Å². The summed E-state index contributed by atoms with van der Waals surface area (Å²) in [6.07, 6.45) is 3.30. The number of hydrogen-bond acceptors (Lipinski definition) is 2. The Hall–Kier alpha value is -1.57. The molecule has 0 heterocycles. The highest BCUT2D eigenvalue weighted by Crippen LogP contribution is 1.93. The van der Waals surface area contributed by atoms with Crippen LogP contribution in [-0.2, 0) is 4.84 Å². The van der Waals surface area contributed by atoms with Crippen LogP contribution in [-0.4, -0.2) is 12.8 Å². The maximum atomic E-state index is 4.83. The Bertz CT molecular complexity index is 254. The van der Waals surface area contributed by atoms with Crippen LogP contribution in [0.5, 0.6) is 0 Å². The monoisotopic (exact) mass is 160 g/mol. The molecule has 0 aromatic heterocycles. The Morgan fingerprint density at radius 3 is 2.92 bits per heavy atom. The second-order valence-corrected chi connectivity index (χ2v) is 2.15. The van der Waals surface area contributed by atoms with E-state index in [9.17, 15) is 0 Å². The molecule has 0 amide bonds. The van der Waals surface area contributed by atoms with Crippen LogP contribution in [0.3, 0.4) is 0 Å². The zero-order valence-corrected chi connectivity index (χ0v) is 6.73. The summed E-state index contributed by atoms with van der Waals surface area (Å²) in [5.41, 5.74) is 0.998. The van der Waals surface area contributed by atoms with E-state index < -0.39 is 0 Å². The third-order valence-electron chi connectivity index (χ3n) is 1.21. The van der Waals surface area contributed by atoms with E-state index in [1.165, 1.54) is 0 Å². The van der Waals surface area contributed by atoms with E-state index in [0.29, 0.717) is 6.61 Å². The number of rotatable bonds is 4. The summed E-state index contributed by atoms with van der Waals surface area (Å²) < 4.78 is 0. The minimum Gasteiger partial charge on any atom is -0.392 e. The average Bonchev–Trinajstić information content (AvgIpc) is 2.14. The van der Waals surface area contributed by atoms with Crippen LogP contribution in [0.4, 0.5) is 0 Å². The van der Waals surface area contributed by atoms with Crippen LogP contribution in [0.1, 0.15) is 5.56 Å². The molecule has 0 bridgehead atoms. The van der Waals surface area contributed by atoms with Crippen molar-refractivity contribution in [1.29, 1.82) is 0 Å². The van der Waals surface area contributed by atoms with Gasteiger partial charge in [-0.3, -0.25) is 0 Å². The minimum atomic E-state index is 0.440. The van der Waals surface area contributed by atoms with Gasteiger partial charge in [0.05, 0.1) is 6.21 Å². The smallest absolute Gasteiger partial charge is 0.135 e. The zero-order valence-electron chi connectivity index (χ0n) is 6.73. The molecule has 0 saturated heterocycles. The third-order valence-corrected chi connectivity index (χ3v) is 1.21. The molecule has 0 unspecified atom stereocenters. The van der Waals surface area contributed by atoms with Crippen LogP contribution in [0.25, 0.3) is 0 Å². The molecule has 0 N–H and O–H groups in total. The number of oxime groups is 1. The molecule has 0 spiro atoms. The summed E-state index contributed by atoms with van der Waals surface area (Å²) in [6.45, 7) is 3.94. The van der Waals surface area contributed by atoms with Crippen LogP contribution >= 0.6 is 0 Å². The lowest BCUT2D eigenvalue weighted by Gasteiger charge is -1.91. The molecule has 0 atom stereocenters. The summed E-state index contributed by atoms with van der Waals surface area (Å²) in [5.74, 6) is 0. The fourth-order valence-electron chi connectivity index (χ4n) is 0.680. The highest BCUT2D eigenvalue weighted by molar-refractivity contribution is 5.78. The molecule has 0 aliphatic carbocycles. The molecular weight excluding hydrogens is 150 g/mol. The quantitative estimate of drug-likeness (QED) is 0.286. The number of nitrogens with zero attached hydrogens (tertiary/aromatic N) is 1. The molecule has 12 heavy (non-hydrogen) atoms. The van der Waals surface area contributed by atoms with Crippen molar-refractivity contribution in [3.8, 4) is 0 Å². The second kappa shape index (κ2) is 5.13. The van der Waals surface area contributed by atoms with E-state index in [-0.39, 0.29) is 0 Å². The Kier molecular flexibility index (Phi) is 3.64. The Morgan fingerprint density at radius 2 is 2.25 bits per heavy atom. The fourth-order valence-corrected chi connectivity index (χ4v) is 0.680. The summed E-state index contributed by atoms with van der Waals surface area (Å²) in [4.78, 5) is 4.83. The van der Waals surface area contributed by atoms with Gasteiger partial charge in [-0.25, -0.2) is 0 Å². The SMILES string of the molecule is C=CCON=Cc1cc[c]cc1. The first-order valence-corrected chi connectivity index (χ1v) is 3.66. The van der Waals surface area contributed by atoms with Crippen molar-refractivity contribution in [3.05, 3.63) is 48.6 Å². The molecule has 0 aliphatic rings. The Balaban J connectivity index is 2.41. The highest BCUT2D eigenvalue weighted by Gasteiger charge is 1.82. The predicted molar refractivity (Wildman–Crippen MR) is 49.0 cm³/mol. The molecule has 1 rings (SSSR count). The van der Waals surface area contributed by atoms with Gasteiger partial charge in [0.15, 0.2) is 0 Å². The first kappa shape index (κ1) is 8.53. The van der Waals surface area contributed by atoms with Crippen LogP contribution < -0.4 is 0 Å². The maximum absolute atomic E-state index is 4.83. The molecule has 0 fully saturated rings. The van der Waals surface area contributed by atoms with Crippen molar-refractivity contribution < 1.29 is 4.84 Å². The molecule has 1 radical (unpaired) electrons. The van der Waals surface area contributed by atoms with Crippen molar-refractivity contribution in [3.63, 3.8) is 0 Å². The molecule has 1 aromatic rings. The van der Waals surface area contributed by atoms with E-state index in [2.05, 4.69) is 17.8 Å². The molecule has 1 aromatic carbocycles. The molecule has 61 valence electrons. The number of benzene rings is 1. The van der Waals surface area contributed by atoms with E-state index in [0.717, 1.165) is 5.56 Å².